The Morgan fingerprint density at radius 2 is 2.30 bits per heavy atom. The molecule has 2 N–H and O–H groups in total. The lowest BCUT2D eigenvalue weighted by Crippen LogP contribution is -2.27. The third kappa shape index (κ3) is 2.94. The third-order valence-corrected chi connectivity index (χ3v) is 4.85. The average molecular weight is 336 g/mol. The predicted octanol–water partition coefficient (Wildman–Crippen LogP) is 2.11. The van der Waals surface area contributed by atoms with Crippen LogP contribution in [0.3, 0.4) is 0 Å². The molecule has 1 saturated heterocycles. The van der Waals surface area contributed by atoms with E-state index in [9.17, 15) is 14.0 Å². The summed E-state index contributed by atoms with van der Waals surface area (Å²) in [6.45, 7) is 3.14. The molecule has 1 aromatic carbocycles. The number of hydrogen-bond acceptors (Lipinski definition) is 6. The lowest BCUT2D eigenvalue weighted by Gasteiger charge is -2.19. The molecule has 1 fully saturated rings. The van der Waals surface area contributed by atoms with Crippen molar-refractivity contribution in [3.8, 4) is 0 Å². The van der Waals surface area contributed by atoms with E-state index in [0.717, 1.165) is 6.42 Å². The number of benzene rings is 1. The standard InChI is InChI=1S/C16H17FN2O3S/c1-2-22-16(21)11-8-23-14-6-13(19-4-3-9(18)7-19)12(17)5-10(14)15(11)20/h5-6,8-9H,2-4,7,18H2,1H3. The summed E-state index contributed by atoms with van der Waals surface area (Å²) in [6.07, 6.45) is 0.815. The first kappa shape index (κ1) is 15.9. The molecule has 0 bridgehead atoms. The number of halogens is 1. The molecule has 7 heteroatoms. The molecule has 122 valence electrons. The monoisotopic (exact) mass is 336 g/mol. The molecule has 0 aliphatic carbocycles. The first-order valence-electron chi connectivity index (χ1n) is 7.44. The number of fused-ring (bicyclic) bond motifs is 1. The van der Waals surface area contributed by atoms with Crippen molar-refractivity contribution >= 4 is 33.1 Å². The quantitative estimate of drug-likeness (QED) is 0.869. The molecule has 1 unspecified atom stereocenters. The molecular weight excluding hydrogens is 319 g/mol. The van der Waals surface area contributed by atoms with Gasteiger partial charge in [0, 0.05) is 34.6 Å². The van der Waals surface area contributed by atoms with Crippen LogP contribution in [0.4, 0.5) is 10.1 Å². The molecule has 0 amide bonds. The molecule has 3 rings (SSSR count). The van der Waals surface area contributed by atoms with Crippen molar-refractivity contribution in [3.05, 3.63) is 39.1 Å². The van der Waals surface area contributed by atoms with E-state index >= 15 is 0 Å². The van der Waals surface area contributed by atoms with Gasteiger partial charge in [0.25, 0.3) is 0 Å². The molecule has 1 aliphatic heterocycles. The minimum atomic E-state index is -0.675. The van der Waals surface area contributed by atoms with Crippen molar-refractivity contribution in [2.75, 3.05) is 24.6 Å². The predicted molar refractivity (Wildman–Crippen MR) is 88.8 cm³/mol. The van der Waals surface area contributed by atoms with Crippen LogP contribution in [0.25, 0.3) is 10.1 Å². The second kappa shape index (κ2) is 6.25. The summed E-state index contributed by atoms with van der Waals surface area (Å²) in [4.78, 5) is 26.0. The smallest absolute Gasteiger partial charge is 0.342 e. The number of carbonyl (C=O) groups is 1. The van der Waals surface area contributed by atoms with Crippen LogP contribution in [0.5, 0.6) is 0 Å². The molecule has 5 nitrogen and oxygen atoms in total. The van der Waals surface area contributed by atoms with Crippen LogP contribution in [-0.2, 0) is 4.74 Å². The Morgan fingerprint density at radius 1 is 1.52 bits per heavy atom. The van der Waals surface area contributed by atoms with Gasteiger partial charge >= 0.3 is 5.97 Å². The van der Waals surface area contributed by atoms with Gasteiger partial charge in [-0.15, -0.1) is 11.3 Å². The summed E-state index contributed by atoms with van der Waals surface area (Å²) in [7, 11) is 0. The van der Waals surface area contributed by atoms with E-state index in [1.54, 1.807) is 13.0 Å². The van der Waals surface area contributed by atoms with Crippen LogP contribution in [0, 0.1) is 5.82 Å². The van der Waals surface area contributed by atoms with Crippen molar-refractivity contribution in [2.24, 2.45) is 5.73 Å². The summed E-state index contributed by atoms with van der Waals surface area (Å²) in [6, 6.07) is 2.90. The Labute approximate surface area is 136 Å². The van der Waals surface area contributed by atoms with Crippen molar-refractivity contribution in [2.45, 2.75) is 19.4 Å². The first-order valence-corrected chi connectivity index (χ1v) is 8.32. The molecule has 23 heavy (non-hydrogen) atoms. The largest absolute Gasteiger partial charge is 0.462 e. The fourth-order valence-electron chi connectivity index (χ4n) is 2.74. The second-order valence-electron chi connectivity index (χ2n) is 5.49. The maximum absolute atomic E-state index is 14.4. The van der Waals surface area contributed by atoms with Crippen molar-refractivity contribution in [1.82, 2.24) is 0 Å². The van der Waals surface area contributed by atoms with E-state index in [-0.39, 0.29) is 23.6 Å². The molecule has 0 saturated carbocycles. The fraction of sp³-hybridized carbons (Fsp3) is 0.375. The Bertz CT molecular complexity index is 821. The molecule has 0 radical (unpaired) electrons. The number of esters is 1. The van der Waals surface area contributed by atoms with E-state index in [2.05, 4.69) is 0 Å². The van der Waals surface area contributed by atoms with Gasteiger partial charge < -0.3 is 15.4 Å². The van der Waals surface area contributed by atoms with Gasteiger partial charge in [-0.1, -0.05) is 0 Å². The van der Waals surface area contributed by atoms with Gasteiger partial charge in [0.2, 0.25) is 5.43 Å². The van der Waals surface area contributed by atoms with Gasteiger partial charge in [0.1, 0.15) is 11.4 Å². The second-order valence-corrected chi connectivity index (χ2v) is 6.40. The van der Waals surface area contributed by atoms with Crippen LogP contribution in [0.1, 0.15) is 23.7 Å². The molecule has 1 aliphatic rings. The number of hydrogen-bond donors (Lipinski definition) is 1. The van der Waals surface area contributed by atoms with E-state index < -0.39 is 17.2 Å². The Hall–Kier alpha value is -1.99. The number of carbonyl (C=O) groups excluding carboxylic acids is 1. The Morgan fingerprint density at radius 3 is 2.96 bits per heavy atom. The molecule has 2 aromatic rings. The maximum Gasteiger partial charge on any atom is 0.342 e. The highest BCUT2D eigenvalue weighted by Gasteiger charge is 2.23. The summed E-state index contributed by atoms with van der Waals surface area (Å²) in [5.74, 6) is -1.15. The zero-order valence-electron chi connectivity index (χ0n) is 12.7. The maximum atomic E-state index is 14.4. The van der Waals surface area contributed by atoms with Gasteiger partial charge in [0.05, 0.1) is 12.3 Å². The molecular formula is C16H17FN2O3S. The van der Waals surface area contributed by atoms with Crippen molar-refractivity contribution in [3.63, 3.8) is 0 Å². The van der Waals surface area contributed by atoms with Crippen LogP contribution >= 0.6 is 11.3 Å². The normalized spacial score (nSPS) is 17.7. The average Bonchev–Trinajstić information content (AvgIpc) is 2.94. The number of anilines is 1. The van der Waals surface area contributed by atoms with E-state index in [1.807, 2.05) is 4.90 Å². The van der Waals surface area contributed by atoms with Crippen LogP contribution in [0.15, 0.2) is 22.3 Å². The lowest BCUT2D eigenvalue weighted by molar-refractivity contribution is 0.0525. The zero-order chi connectivity index (χ0) is 16.6. The van der Waals surface area contributed by atoms with Gasteiger partial charge in [-0.05, 0) is 25.5 Å². The molecule has 1 aromatic heterocycles. The summed E-state index contributed by atoms with van der Waals surface area (Å²) < 4.78 is 19.9. The number of ether oxygens (including phenoxy) is 1. The minimum Gasteiger partial charge on any atom is -0.462 e. The highest BCUT2D eigenvalue weighted by Crippen LogP contribution is 2.29. The Balaban J connectivity index is 2.07. The minimum absolute atomic E-state index is 0.0371. The van der Waals surface area contributed by atoms with Gasteiger partial charge in [-0.3, -0.25) is 4.79 Å². The fourth-order valence-corrected chi connectivity index (χ4v) is 3.64. The summed E-state index contributed by atoms with van der Waals surface area (Å²) in [5.41, 5.74) is 5.76. The summed E-state index contributed by atoms with van der Waals surface area (Å²) in [5, 5.41) is 1.67. The van der Waals surface area contributed by atoms with Crippen molar-refractivity contribution in [1.29, 1.82) is 0 Å². The zero-order valence-corrected chi connectivity index (χ0v) is 13.5. The first-order chi connectivity index (χ1) is 11.0. The SMILES string of the molecule is CCOC(=O)c1csc2cc(N3CCC(N)C3)c(F)cc2c1=O. The highest BCUT2D eigenvalue weighted by molar-refractivity contribution is 7.16. The number of nitrogens with two attached hydrogens (primary N) is 1. The van der Waals surface area contributed by atoms with E-state index in [4.69, 9.17) is 10.5 Å². The number of rotatable bonds is 3. The molecule has 2 heterocycles. The third-order valence-electron chi connectivity index (χ3n) is 3.90. The van der Waals surface area contributed by atoms with Crippen LogP contribution in [0.2, 0.25) is 0 Å². The molecule has 1 atom stereocenters. The van der Waals surface area contributed by atoms with Crippen molar-refractivity contribution < 1.29 is 13.9 Å². The summed E-state index contributed by atoms with van der Waals surface area (Å²) >= 11 is 1.23. The Kier molecular flexibility index (Phi) is 4.32. The topological polar surface area (TPSA) is 72.6 Å². The number of nitrogens with zero attached hydrogens (tertiary/aromatic N) is 1. The molecule has 0 spiro atoms. The van der Waals surface area contributed by atoms with Gasteiger partial charge in [-0.25, -0.2) is 9.18 Å². The van der Waals surface area contributed by atoms with Gasteiger partial charge in [-0.2, -0.15) is 0 Å². The highest BCUT2D eigenvalue weighted by atomic mass is 32.1. The van der Waals surface area contributed by atoms with E-state index in [1.165, 1.54) is 22.8 Å². The van der Waals surface area contributed by atoms with Crippen LogP contribution < -0.4 is 16.1 Å². The lowest BCUT2D eigenvalue weighted by atomic mass is 10.1. The van der Waals surface area contributed by atoms with Gasteiger partial charge in [0.15, 0.2) is 0 Å². The van der Waals surface area contributed by atoms with E-state index in [0.29, 0.717) is 23.5 Å². The van der Waals surface area contributed by atoms with Crippen LogP contribution in [-0.4, -0.2) is 31.7 Å².